The second-order valence-electron chi connectivity index (χ2n) is 8.37. The van der Waals surface area contributed by atoms with Crippen molar-refractivity contribution in [1.82, 2.24) is 4.90 Å². The first-order valence-corrected chi connectivity index (χ1v) is 11.3. The lowest BCUT2D eigenvalue weighted by Crippen LogP contribution is -2.34. The summed E-state index contributed by atoms with van der Waals surface area (Å²) in [6.07, 6.45) is 0.828. The number of nitrogens with zero attached hydrogens (tertiary/aromatic N) is 1. The number of benzene rings is 3. The van der Waals surface area contributed by atoms with Gasteiger partial charge in [-0.15, -0.1) is 0 Å². The third-order valence-electron chi connectivity index (χ3n) is 6.35. The van der Waals surface area contributed by atoms with Gasteiger partial charge in [-0.05, 0) is 43.2 Å². The second kappa shape index (κ2) is 9.23. The van der Waals surface area contributed by atoms with Crippen molar-refractivity contribution in [2.24, 2.45) is 0 Å². The van der Waals surface area contributed by atoms with Crippen molar-refractivity contribution in [3.8, 4) is 28.4 Å². The quantitative estimate of drug-likeness (QED) is 0.398. The minimum atomic E-state index is -0.0720. The Hall–Kier alpha value is -3.77. The minimum absolute atomic E-state index is 0.0720. The fraction of sp³-hybridized carbons (Fsp3) is 0.250. The summed E-state index contributed by atoms with van der Waals surface area (Å²) in [5, 5.41) is 0.542. The lowest BCUT2D eigenvalue weighted by atomic mass is 9.99. The summed E-state index contributed by atoms with van der Waals surface area (Å²) in [4.78, 5) is 15.8. The summed E-state index contributed by atoms with van der Waals surface area (Å²) in [7, 11) is 3.29. The predicted molar refractivity (Wildman–Crippen MR) is 132 cm³/mol. The number of rotatable bonds is 6. The molecule has 1 aliphatic rings. The van der Waals surface area contributed by atoms with E-state index in [0.29, 0.717) is 41.3 Å². The van der Waals surface area contributed by atoms with Crippen LogP contribution in [0, 0.1) is 6.92 Å². The fourth-order valence-electron chi connectivity index (χ4n) is 4.61. The van der Waals surface area contributed by atoms with Crippen LogP contribution in [0.4, 0.5) is 0 Å². The zero-order chi connectivity index (χ0) is 23.7. The molecule has 1 aliphatic heterocycles. The molecule has 0 spiro atoms. The molecule has 0 saturated carbocycles. The first kappa shape index (κ1) is 22.0. The topological polar surface area (TPSA) is 61.1 Å². The van der Waals surface area contributed by atoms with E-state index in [1.165, 1.54) is 0 Å². The molecule has 0 N–H and O–H groups in total. The van der Waals surface area contributed by atoms with E-state index in [0.717, 1.165) is 41.2 Å². The number of hydrogen-bond acceptors (Lipinski definition) is 6. The molecule has 0 atom stereocenters. The van der Waals surface area contributed by atoms with Gasteiger partial charge in [0.15, 0.2) is 0 Å². The van der Waals surface area contributed by atoms with Crippen LogP contribution in [0.3, 0.4) is 0 Å². The highest BCUT2D eigenvalue weighted by Crippen LogP contribution is 2.36. The average Bonchev–Trinajstić information content (AvgIpc) is 2.87. The highest BCUT2D eigenvalue weighted by Gasteiger charge is 2.24. The maximum absolute atomic E-state index is 13.6. The molecule has 5 rings (SSSR count). The van der Waals surface area contributed by atoms with E-state index in [4.69, 9.17) is 18.6 Å². The van der Waals surface area contributed by atoms with Crippen LogP contribution in [0.2, 0.25) is 0 Å². The summed E-state index contributed by atoms with van der Waals surface area (Å²) < 4.78 is 23.3. The van der Waals surface area contributed by atoms with Crippen LogP contribution in [0.5, 0.6) is 17.2 Å². The minimum Gasteiger partial charge on any atom is -0.496 e. The number of hydrogen-bond donors (Lipinski definition) is 0. The van der Waals surface area contributed by atoms with Crippen molar-refractivity contribution < 1.29 is 18.6 Å². The molecule has 3 aromatic carbocycles. The van der Waals surface area contributed by atoms with Gasteiger partial charge in [0.05, 0.1) is 30.7 Å². The molecule has 0 bridgehead atoms. The summed E-state index contributed by atoms with van der Waals surface area (Å²) in [5.41, 5.74) is 3.81. The van der Waals surface area contributed by atoms with Crippen LogP contribution in [0.25, 0.3) is 22.1 Å². The molecule has 1 aromatic heterocycles. The Kier molecular flexibility index (Phi) is 5.99. The fourth-order valence-corrected chi connectivity index (χ4v) is 4.61. The summed E-state index contributed by atoms with van der Waals surface area (Å²) in [6.45, 7) is 3.73. The molecule has 6 heteroatoms. The maximum Gasteiger partial charge on any atom is 0.200 e. The van der Waals surface area contributed by atoms with Crippen LogP contribution < -0.4 is 19.6 Å². The SMILES string of the molecule is COc1ccccc1CCN1COc2ccc3c(=O)c(-c4ccccc4OC)c(C)oc3c2C1. The monoisotopic (exact) mass is 457 g/mol. The van der Waals surface area contributed by atoms with Crippen molar-refractivity contribution >= 4 is 11.0 Å². The molecular weight excluding hydrogens is 430 g/mol. The number of methoxy groups -OCH3 is 2. The molecule has 0 aliphatic carbocycles. The Bertz CT molecular complexity index is 1410. The van der Waals surface area contributed by atoms with Crippen LogP contribution in [0.15, 0.2) is 69.9 Å². The molecule has 0 amide bonds. The van der Waals surface area contributed by atoms with E-state index >= 15 is 0 Å². The van der Waals surface area contributed by atoms with Gasteiger partial charge in [0.25, 0.3) is 0 Å². The van der Waals surface area contributed by atoms with Crippen LogP contribution in [-0.4, -0.2) is 32.4 Å². The number of fused-ring (bicyclic) bond motifs is 3. The highest BCUT2D eigenvalue weighted by atomic mass is 16.5. The standard InChI is InChI=1S/C28H27NO5/c1-18-26(20-9-5-7-11-24(20)32-3)27(30)21-12-13-25-22(28(21)34-18)16-29(17-33-25)15-14-19-8-4-6-10-23(19)31-2/h4-13H,14-17H2,1-3H3. The van der Waals surface area contributed by atoms with E-state index in [9.17, 15) is 4.79 Å². The van der Waals surface area contributed by atoms with Gasteiger partial charge in [-0.1, -0.05) is 36.4 Å². The van der Waals surface area contributed by atoms with Crippen molar-refractivity contribution in [1.29, 1.82) is 0 Å². The van der Waals surface area contributed by atoms with Crippen molar-refractivity contribution in [3.05, 3.63) is 87.8 Å². The van der Waals surface area contributed by atoms with Crippen LogP contribution >= 0.6 is 0 Å². The summed E-state index contributed by atoms with van der Waals surface area (Å²) in [6, 6.07) is 19.2. The Morgan fingerprint density at radius 1 is 0.941 bits per heavy atom. The largest absolute Gasteiger partial charge is 0.496 e. The Morgan fingerprint density at radius 2 is 1.68 bits per heavy atom. The molecule has 0 saturated heterocycles. The third kappa shape index (κ3) is 3.90. The van der Waals surface area contributed by atoms with Gasteiger partial charge in [0.1, 0.15) is 35.3 Å². The van der Waals surface area contributed by atoms with E-state index in [1.807, 2.05) is 55.5 Å². The smallest absolute Gasteiger partial charge is 0.200 e. The molecule has 2 heterocycles. The van der Waals surface area contributed by atoms with Gasteiger partial charge >= 0.3 is 0 Å². The van der Waals surface area contributed by atoms with E-state index < -0.39 is 0 Å². The molecule has 174 valence electrons. The van der Waals surface area contributed by atoms with E-state index in [2.05, 4.69) is 11.0 Å². The first-order valence-electron chi connectivity index (χ1n) is 11.3. The van der Waals surface area contributed by atoms with Gasteiger partial charge in [0.2, 0.25) is 5.43 Å². The first-order chi connectivity index (χ1) is 16.6. The lowest BCUT2D eigenvalue weighted by Gasteiger charge is -2.29. The Labute approximate surface area is 198 Å². The number of ether oxygens (including phenoxy) is 3. The molecule has 0 unspecified atom stereocenters. The predicted octanol–water partition coefficient (Wildman–Crippen LogP) is 5.18. The number of para-hydroxylation sites is 2. The van der Waals surface area contributed by atoms with Crippen LogP contribution in [0.1, 0.15) is 16.9 Å². The molecule has 34 heavy (non-hydrogen) atoms. The van der Waals surface area contributed by atoms with Gasteiger partial charge in [-0.2, -0.15) is 0 Å². The summed E-state index contributed by atoms with van der Waals surface area (Å²) in [5.74, 6) is 2.84. The van der Waals surface area contributed by atoms with E-state index in [1.54, 1.807) is 20.3 Å². The zero-order valence-corrected chi connectivity index (χ0v) is 19.6. The normalized spacial score (nSPS) is 13.4. The molecular formula is C28H27NO5. The average molecular weight is 458 g/mol. The molecule has 6 nitrogen and oxygen atoms in total. The van der Waals surface area contributed by atoms with Crippen molar-refractivity contribution in [2.45, 2.75) is 19.9 Å². The summed E-state index contributed by atoms with van der Waals surface area (Å²) >= 11 is 0. The highest BCUT2D eigenvalue weighted by molar-refractivity contribution is 5.87. The Balaban J connectivity index is 1.49. The lowest BCUT2D eigenvalue weighted by molar-refractivity contribution is 0.0966. The molecule has 0 fully saturated rings. The van der Waals surface area contributed by atoms with Gasteiger partial charge < -0.3 is 18.6 Å². The number of aryl methyl sites for hydroxylation is 1. The molecule has 0 radical (unpaired) electrons. The Morgan fingerprint density at radius 3 is 2.47 bits per heavy atom. The van der Waals surface area contributed by atoms with Crippen molar-refractivity contribution in [2.75, 3.05) is 27.5 Å². The van der Waals surface area contributed by atoms with Crippen molar-refractivity contribution in [3.63, 3.8) is 0 Å². The third-order valence-corrected chi connectivity index (χ3v) is 6.35. The van der Waals surface area contributed by atoms with E-state index in [-0.39, 0.29) is 5.43 Å². The maximum atomic E-state index is 13.6. The zero-order valence-electron chi connectivity index (χ0n) is 19.6. The van der Waals surface area contributed by atoms with Gasteiger partial charge in [-0.25, -0.2) is 0 Å². The van der Waals surface area contributed by atoms with Gasteiger partial charge in [0, 0.05) is 18.7 Å². The molecule has 4 aromatic rings. The van der Waals surface area contributed by atoms with Crippen LogP contribution in [-0.2, 0) is 13.0 Å². The second-order valence-corrected chi connectivity index (χ2v) is 8.37. The van der Waals surface area contributed by atoms with Gasteiger partial charge in [-0.3, -0.25) is 9.69 Å².